The summed E-state index contributed by atoms with van der Waals surface area (Å²) in [5, 5.41) is 5.23. The summed E-state index contributed by atoms with van der Waals surface area (Å²) in [5.74, 6) is 5.67. The summed E-state index contributed by atoms with van der Waals surface area (Å²) in [6.07, 6.45) is 2.72. The molecule has 0 aliphatic heterocycles. The van der Waals surface area contributed by atoms with Crippen LogP contribution in [0.3, 0.4) is 0 Å². The molecule has 20 heavy (non-hydrogen) atoms. The molecular formula is C14H18BrClN4. The summed E-state index contributed by atoms with van der Waals surface area (Å²) in [7, 11) is 0. The monoisotopic (exact) mass is 356 g/mol. The van der Waals surface area contributed by atoms with E-state index in [2.05, 4.69) is 40.3 Å². The maximum absolute atomic E-state index is 6.01. The highest BCUT2D eigenvalue weighted by atomic mass is 79.9. The van der Waals surface area contributed by atoms with Crippen molar-refractivity contribution in [2.24, 2.45) is 5.84 Å². The van der Waals surface area contributed by atoms with Crippen molar-refractivity contribution in [3.8, 4) is 0 Å². The lowest BCUT2D eigenvalue weighted by Crippen LogP contribution is -2.29. The fourth-order valence-corrected chi connectivity index (χ4v) is 2.50. The van der Waals surface area contributed by atoms with Gasteiger partial charge in [-0.15, -0.1) is 0 Å². The number of hydrazine groups is 1. The van der Waals surface area contributed by atoms with Gasteiger partial charge >= 0.3 is 0 Å². The predicted octanol–water partition coefficient (Wildman–Crippen LogP) is 3.63. The summed E-state index contributed by atoms with van der Waals surface area (Å²) in [4.78, 5) is 0. The van der Waals surface area contributed by atoms with Gasteiger partial charge in [-0.25, -0.2) is 0 Å². The summed E-state index contributed by atoms with van der Waals surface area (Å²) in [6, 6.07) is 8.19. The Kier molecular flexibility index (Phi) is 5.21. The molecule has 1 atom stereocenters. The van der Waals surface area contributed by atoms with Crippen LogP contribution in [0.5, 0.6) is 0 Å². The van der Waals surface area contributed by atoms with Crippen molar-refractivity contribution >= 4 is 27.5 Å². The van der Waals surface area contributed by atoms with Gasteiger partial charge in [0.2, 0.25) is 0 Å². The molecule has 6 heteroatoms. The highest BCUT2D eigenvalue weighted by Gasteiger charge is 2.14. The first-order chi connectivity index (χ1) is 9.51. The van der Waals surface area contributed by atoms with Crippen molar-refractivity contribution in [1.82, 2.24) is 15.2 Å². The third kappa shape index (κ3) is 3.61. The molecule has 1 aromatic heterocycles. The van der Waals surface area contributed by atoms with Gasteiger partial charge in [0.15, 0.2) is 0 Å². The molecule has 108 valence electrons. The van der Waals surface area contributed by atoms with Crippen LogP contribution in [0.2, 0.25) is 5.02 Å². The van der Waals surface area contributed by atoms with E-state index < -0.39 is 0 Å². The Morgan fingerprint density at radius 1 is 1.40 bits per heavy atom. The zero-order valence-corrected chi connectivity index (χ0v) is 13.8. The first-order valence-electron chi connectivity index (χ1n) is 6.46. The largest absolute Gasteiger partial charge is 0.271 e. The fourth-order valence-electron chi connectivity index (χ4n) is 1.99. The molecule has 0 amide bonds. The maximum atomic E-state index is 6.01. The number of nitrogens with one attached hydrogen (secondary N) is 1. The van der Waals surface area contributed by atoms with E-state index in [4.69, 9.17) is 17.4 Å². The number of hydrogen-bond acceptors (Lipinski definition) is 3. The first-order valence-corrected chi connectivity index (χ1v) is 7.63. The molecule has 0 saturated heterocycles. The van der Waals surface area contributed by atoms with Crippen LogP contribution in [0.25, 0.3) is 0 Å². The normalized spacial score (nSPS) is 12.9. The minimum Gasteiger partial charge on any atom is -0.271 e. The van der Waals surface area contributed by atoms with Crippen molar-refractivity contribution < 1.29 is 0 Å². The first kappa shape index (κ1) is 15.5. The molecule has 0 spiro atoms. The minimum atomic E-state index is -0.000853. The van der Waals surface area contributed by atoms with E-state index in [1.165, 1.54) is 0 Å². The van der Waals surface area contributed by atoms with Gasteiger partial charge in [-0.05, 0) is 53.5 Å². The van der Waals surface area contributed by atoms with Gasteiger partial charge in [0, 0.05) is 23.1 Å². The maximum Gasteiger partial charge on any atom is 0.0644 e. The Morgan fingerprint density at radius 2 is 2.15 bits per heavy atom. The third-order valence-corrected chi connectivity index (χ3v) is 4.37. The molecule has 0 bridgehead atoms. The van der Waals surface area contributed by atoms with Gasteiger partial charge in [0.25, 0.3) is 0 Å². The number of hydrogen-bond donors (Lipinski definition) is 2. The second-order valence-electron chi connectivity index (χ2n) is 4.98. The minimum absolute atomic E-state index is 0.000853. The molecule has 1 aromatic carbocycles. The van der Waals surface area contributed by atoms with E-state index in [0.29, 0.717) is 11.1 Å². The fraction of sp³-hybridized carbons (Fsp3) is 0.357. The van der Waals surface area contributed by atoms with Crippen LogP contribution < -0.4 is 11.3 Å². The molecule has 4 nitrogen and oxygen atoms in total. The van der Waals surface area contributed by atoms with Crippen LogP contribution in [-0.2, 0) is 6.42 Å². The molecule has 1 heterocycles. The second-order valence-corrected chi connectivity index (χ2v) is 6.24. The molecule has 0 saturated carbocycles. The zero-order chi connectivity index (χ0) is 14.7. The van der Waals surface area contributed by atoms with Crippen LogP contribution in [-0.4, -0.2) is 9.78 Å². The molecule has 1 unspecified atom stereocenters. The predicted molar refractivity (Wildman–Crippen MR) is 85.5 cm³/mol. The van der Waals surface area contributed by atoms with Crippen molar-refractivity contribution in [2.75, 3.05) is 0 Å². The van der Waals surface area contributed by atoms with Crippen LogP contribution in [0.4, 0.5) is 0 Å². The van der Waals surface area contributed by atoms with Crippen molar-refractivity contribution in [1.29, 1.82) is 0 Å². The quantitative estimate of drug-likeness (QED) is 0.634. The highest BCUT2D eigenvalue weighted by molar-refractivity contribution is 9.10. The average molecular weight is 358 g/mol. The summed E-state index contributed by atoms with van der Waals surface area (Å²) < 4.78 is 2.81. The van der Waals surface area contributed by atoms with E-state index >= 15 is 0 Å². The molecule has 2 aromatic rings. The van der Waals surface area contributed by atoms with Gasteiger partial charge in [0.1, 0.15) is 0 Å². The van der Waals surface area contributed by atoms with E-state index in [1.807, 2.05) is 35.1 Å². The van der Waals surface area contributed by atoms with Crippen LogP contribution in [0.1, 0.15) is 37.2 Å². The lowest BCUT2D eigenvalue weighted by molar-refractivity contribution is 0.507. The Morgan fingerprint density at radius 3 is 2.70 bits per heavy atom. The van der Waals surface area contributed by atoms with Gasteiger partial charge in [-0.2, -0.15) is 5.10 Å². The Bertz CT molecular complexity index is 582. The van der Waals surface area contributed by atoms with E-state index in [-0.39, 0.29) is 6.04 Å². The summed E-state index contributed by atoms with van der Waals surface area (Å²) in [6.45, 7) is 4.21. The number of aromatic nitrogens is 2. The Hall–Kier alpha value is -0.880. The topological polar surface area (TPSA) is 55.9 Å². The molecule has 0 radical (unpaired) electrons. The lowest BCUT2D eigenvalue weighted by atomic mass is 10.0. The number of nitrogens with zero attached hydrogens (tertiary/aromatic N) is 2. The summed E-state index contributed by atoms with van der Waals surface area (Å²) in [5.41, 5.74) is 4.92. The van der Waals surface area contributed by atoms with Gasteiger partial charge < -0.3 is 0 Å². The second kappa shape index (κ2) is 6.72. The molecular weight excluding hydrogens is 340 g/mol. The number of rotatable bonds is 5. The number of halogens is 2. The van der Waals surface area contributed by atoms with Crippen molar-refractivity contribution in [3.05, 3.63) is 51.2 Å². The highest BCUT2D eigenvalue weighted by Crippen LogP contribution is 2.27. The molecule has 0 aliphatic rings. The molecule has 0 aliphatic carbocycles. The van der Waals surface area contributed by atoms with E-state index in [9.17, 15) is 0 Å². The standard InChI is InChI=1S/C14H18BrClN4/c1-9(2)20-6-5-11(19-20)8-14(18-17)10-3-4-13(16)12(15)7-10/h3-7,9,14,18H,8,17H2,1-2H3. The Labute approximate surface area is 132 Å². The van der Waals surface area contributed by atoms with Crippen LogP contribution >= 0.6 is 27.5 Å². The molecule has 3 N–H and O–H groups in total. The number of nitrogens with two attached hydrogens (primary N) is 1. The van der Waals surface area contributed by atoms with Crippen molar-refractivity contribution in [3.63, 3.8) is 0 Å². The van der Waals surface area contributed by atoms with Gasteiger partial charge in [0.05, 0.1) is 16.8 Å². The number of benzene rings is 1. The SMILES string of the molecule is CC(C)n1ccc(CC(NN)c2ccc(Cl)c(Br)c2)n1. The smallest absolute Gasteiger partial charge is 0.0644 e. The zero-order valence-electron chi connectivity index (χ0n) is 11.5. The lowest BCUT2D eigenvalue weighted by Gasteiger charge is -2.16. The van der Waals surface area contributed by atoms with Gasteiger partial charge in [-0.1, -0.05) is 17.7 Å². The average Bonchev–Trinajstić information content (AvgIpc) is 2.88. The Balaban J connectivity index is 2.17. The third-order valence-electron chi connectivity index (χ3n) is 3.15. The van der Waals surface area contributed by atoms with Crippen molar-refractivity contribution in [2.45, 2.75) is 32.4 Å². The van der Waals surface area contributed by atoms with E-state index in [1.54, 1.807) is 0 Å². The van der Waals surface area contributed by atoms with Crippen LogP contribution in [0, 0.1) is 0 Å². The van der Waals surface area contributed by atoms with E-state index in [0.717, 1.165) is 22.2 Å². The summed E-state index contributed by atoms with van der Waals surface area (Å²) >= 11 is 9.44. The van der Waals surface area contributed by atoms with Gasteiger partial charge in [-0.3, -0.25) is 16.0 Å². The molecule has 0 fully saturated rings. The van der Waals surface area contributed by atoms with Crippen LogP contribution in [0.15, 0.2) is 34.9 Å². The molecule has 2 rings (SSSR count).